The second-order valence-corrected chi connectivity index (χ2v) is 5.46. The van der Waals surface area contributed by atoms with E-state index in [-0.39, 0.29) is 11.9 Å². The fourth-order valence-corrected chi connectivity index (χ4v) is 2.50. The Labute approximate surface area is 127 Å². The van der Waals surface area contributed by atoms with Gasteiger partial charge in [0.05, 0.1) is 23.5 Å². The minimum absolute atomic E-state index is 0.265. The van der Waals surface area contributed by atoms with Crippen LogP contribution in [-0.2, 0) is 6.54 Å². The zero-order valence-electron chi connectivity index (χ0n) is 12.2. The average molecular weight is 302 g/mol. The number of aromatic nitrogens is 4. The summed E-state index contributed by atoms with van der Waals surface area (Å²) in [4.78, 5) is 22.5. The van der Waals surface area contributed by atoms with Gasteiger partial charge in [-0.05, 0) is 13.0 Å². The van der Waals surface area contributed by atoms with Crippen LogP contribution in [0.2, 0.25) is 0 Å². The Hall–Kier alpha value is -2.32. The molecule has 3 N–H and O–H groups in total. The Kier molecular flexibility index (Phi) is 4.12. The summed E-state index contributed by atoms with van der Waals surface area (Å²) >= 11 is 0. The smallest absolute Gasteiger partial charge is 0.269 e. The van der Waals surface area contributed by atoms with Crippen molar-refractivity contribution in [1.82, 2.24) is 30.4 Å². The predicted molar refractivity (Wildman–Crippen MR) is 77.9 cm³/mol. The lowest BCUT2D eigenvalue weighted by Gasteiger charge is -2.16. The fourth-order valence-electron chi connectivity index (χ4n) is 2.50. The van der Waals surface area contributed by atoms with Crippen molar-refractivity contribution in [2.75, 3.05) is 13.1 Å². The number of likely N-dealkylation sites (tertiary alicyclic amines) is 1. The van der Waals surface area contributed by atoms with Crippen LogP contribution in [0.3, 0.4) is 0 Å². The molecule has 0 unspecified atom stereocenters. The lowest BCUT2D eigenvalue weighted by atomic mass is 10.2. The van der Waals surface area contributed by atoms with Gasteiger partial charge in [0.1, 0.15) is 5.69 Å². The third-order valence-electron chi connectivity index (χ3n) is 3.65. The van der Waals surface area contributed by atoms with Crippen molar-refractivity contribution in [3.8, 4) is 0 Å². The van der Waals surface area contributed by atoms with Crippen molar-refractivity contribution in [1.29, 1.82) is 0 Å². The van der Waals surface area contributed by atoms with E-state index in [4.69, 9.17) is 0 Å². The van der Waals surface area contributed by atoms with Crippen LogP contribution in [-0.4, -0.2) is 61.3 Å². The third-order valence-corrected chi connectivity index (χ3v) is 3.65. The first-order valence-electron chi connectivity index (χ1n) is 7.10. The Morgan fingerprint density at radius 2 is 2.32 bits per heavy atom. The van der Waals surface area contributed by atoms with Gasteiger partial charge in [0, 0.05) is 38.2 Å². The molecule has 3 heterocycles. The van der Waals surface area contributed by atoms with Crippen LogP contribution in [0.4, 0.5) is 0 Å². The van der Waals surface area contributed by atoms with Gasteiger partial charge in [-0.25, -0.2) is 0 Å². The normalized spacial score (nSPS) is 21.9. The van der Waals surface area contributed by atoms with Crippen molar-refractivity contribution in [2.45, 2.75) is 25.6 Å². The van der Waals surface area contributed by atoms with Crippen LogP contribution in [0, 0.1) is 6.92 Å². The monoisotopic (exact) mass is 302 g/mol. The molecular formula is C14H18N6O2. The maximum absolute atomic E-state index is 12.0. The lowest BCUT2D eigenvalue weighted by molar-refractivity contribution is 0.0883. The minimum Gasteiger partial charge on any atom is -0.390 e. The van der Waals surface area contributed by atoms with Crippen molar-refractivity contribution >= 4 is 5.91 Å². The molecule has 2 aromatic rings. The van der Waals surface area contributed by atoms with Gasteiger partial charge in [-0.15, -0.1) is 0 Å². The molecule has 2 aromatic heterocycles. The first kappa shape index (κ1) is 14.6. The summed E-state index contributed by atoms with van der Waals surface area (Å²) in [6, 6.07) is 1.28. The topological polar surface area (TPSA) is 107 Å². The molecule has 3 rings (SSSR count). The number of rotatable bonds is 4. The van der Waals surface area contributed by atoms with Crippen LogP contribution >= 0.6 is 0 Å². The SMILES string of the molecule is Cc1cnc(CN2C[C@@H](O)[C@H](NC(=O)c3ccn[nH]3)C2)cn1. The van der Waals surface area contributed by atoms with E-state index in [2.05, 4.69) is 25.5 Å². The molecule has 116 valence electrons. The Morgan fingerprint density at radius 3 is 3.00 bits per heavy atom. The summed E-state index contributed by atoms with van der Waals surface area (Å²) in [6.45, 7) is 3.54. The summed E-state index contributed by atoms with van der Waals surface area (Å²) in [7, 11) is 0. The number of nitrogens with zero attached hydrogens (tertiary/aromatic N) is 4. The number of β-amino-alcohol motifs (C(OH)–C–C–N with tert-alkyl or cyclic N) is 1. The molecule has 0 radical (unpaired) electrons. The number of H-pyrrole nitrogens is 1. The summed E-state index contributed by atoms with van der Waals surface area (Å²) in [5.74, 6) is -0.265. The minimum atomic E-state index is -0.606. The van der Waals surface area contributed by atoms with Gasteiger partial charge in [-0.3, -0.25) is 24.8 Å². The second-order valence-electron chi connectivity index (χ2n) is 5.46. The Balaban J connectivity index is 1.57. The van der Waals surface area contributed by atoms with E-state index in [1.165, 1.54) is 6.20 Å². The highest BCUT2D eigenvalue weighted by Gasteiger charge is 2.32. The van der Waals surface area contributed by atoms with Gasteiger partial charge in [-0.2, -0.15) is 5.10 Å². The van der Waals surface area contributed by atoms with Crippen LogP contribution in [0.25, 0.3) is 0 Å². The van der Waals surface area contributed by atoms with Crippen LogP contribution in [0.5, 0.6) is 0 Å². The highest BCUT2D eigenvalue weighted by atomic mass is 16.3. The van der Waals surface area contributed by atoms with Crippen molar-refractivity contribution < 1.29 is 9.90 Å². The molecule has 0 aliphatic carbocycles. The Bertz CT molecular complexity index is 627. The molecule has 22 heavy (non-hydrogen) atoms. The molecule has 8 heteroatoms. The van der Waals surface area contributed by atoms with Gasteiger partial charge in [0.25, 0.3) is 5.91 Å². The molecule has 0 aromatic carbocycles. The number of nitrogens with one attached hydrogen (secondary N) is 2. The summed E-state index contributed by atoms with van der Waals surface area (Å²) in [5, 5.41) is 19.3. The average Bonchev–Trinajstić information content (AvgIpc) is 3.12. The van der Waals surface area contributed by atoms with E-state index < -0.39 is 6.10 Å². The molecule has 1 aliphatic heterocycles. The zero-order valence-corrected chi connectivity index (χ0v) is 12.2. The lowest BCUT2D eigenvalue weighted by Crippen LogP contribution is -2.43. The fraction of sp³-hybridized carbons (Fsp3) is 0.429. The van der Waals surface area contributed by atoms with Gasteiger partial charge in [-0.1, -0.05) is 0 Å². The van der Waals surface area contributed by atoms with Gasteiger partial charge in [0.15, 0.2) is 0 Å². The van der Waals surface area contributed by atoms with Crippen LogP contribution < -0.4 is 5.32 Å². The summed E-state index contributed by atoms with van der Waals surface area (Å²) in [6.07, 6.45) is 4.37. The molecule has 1 saturated heterocycles. The second kappa shape index (κ2) is 6.20. The van der Waals surface area contributed by atoms with Crippen molar-refractivity contribution in [3.05, 3.63) is 41.7 Å². The van der Waals surface area contributed by atoms with Crippen LogP contribution in [0.15, 0.2) is 24.7 Å². The number of carbonyl (C=O) groups excluding carboxylic acids is 1. The number of aliphatic hydroxyl groups excluding tert-OH is 1. The highest BCUT2D eigenvalue weighted by Crippen LogP contribution is 2.13. The molecular weight excluding hydrogens is 284 g/mol. The van der Waals surface area contributed by atoms with E-state index in [9.17, 15) is 9.90 Å². The number of aryl methyl sites for hydroxylation is 1. The number of aliphatic hydroxyl groups is 1. The number of hydrogen-bond donors (Lipinski definition) is 3. The van der Waals surface area contributed by atoms with Gasteiger partial charge < -0.3 is 10.4 Å². The number of aromatic amines is 1. The Morgan fingerprint density at radius 1 is 1.45 bits per heavy atom. The molecule has 0 bridgehead atoms. The maximum Gasteiger partial charge on any atom is 0.269 e. The third kappa shape index (κ3) is 3.29. The van der Waals surface area contributed by atoms with Gasteiger partial charge in [0.2, 0.25) is 0 Å². The zero-order chi connectivity index (χ0) is 15.5. The molecule has 1 amide bonds. The number of amides is 1. The first-order valence-corrected chi connectivity index (χ1v) is 7.10. The standard InChI is InChI=1S/C14H18N6O2/c1-9-4-16-10(5-15-9)6-20-7-12(13(21)8-20)18-14(22)11-2-3-17-19-11/h2-5,12-13,21H,6-8H2,1H3,(H,17,19)(H,18,22)/t12-,13-/m1/s1. The van der Waals surface area contributed by atoms with E-state index in [0.717, 1.165) is 11.4 Å². The first-order chi connectivity index (χ1) is 10.6. The molecule has 1 fully saturated rings. The molecule has 0 spiro atoms. The van der Waals surface area contributed by atoms with Crippen LogP contribution in [0.1, 0.15) is 21.9 Å². The highest BCUT2D eigenvalue weighted by molar-refractivity contribution is 5.92. The van der Waals surface area contributed by atoms with Crippen molar-refractivity contribution in [2.24, 2.45) is 0 Å². The van der Waals surface area contributed by atoms with E-state index in [0.29, 0.717) is 25.3 Å². The summed E-state index contributed by atoms with van der Waals surface area (Å²) in [5.41, 5.74) is 2.10. The largest absolute Gasteiger partial charge is 0.390 e. The summed E-state index contributed by atoms with van der Waals surface area (Å²) < 4.78 is 0. The molecule has 8 nitrogen and oxygen atoms in total. The van der Waals surface area contributed by atoms with E-state index >= 15 is 0 Å². The van der Waals surface area contributed by atoms with Crippen molar-refractivity contribution in [3.63, 3.8) is 0 Å². The quantitative estimate of drug-likeness (QED) is 0.702. The maximum atomic E-state index is 12.0. The van der Waals surface area contributed by atoms with Gasteiger partial charge >= 0.3 is 0 Å². The molecule has 0 saturated carbocycles. The predicted octanol–water partition coefficient (Wildman–Crippen LogP) is -0.517. The number of hydrogen-bond acceptors (Lipinski definition) is 6. The van der Waals surface area contributed by atoms with E-state index in [1.54, 1.807) is 18.5 Å². The number of carbonyl (C=O) groups is 1. The van der Waals surface area contributed by atoms with E-state index in [1.807, 2.05) is 11.8 Å². The molecule has 2 atom stereocenters. The molecule has 1 aliphatic rings.